The van der Waals surface area contributed by atoms with Crippen molar-refractivity contribution < 1.29 is 4.84 Å². The van der Waals surface area contributed by atoms with E-state index < -0.39 is 0 Å². The first kappa shape index (κ1) is 5.59. The van der Waals surface area contributed by atoms with Gasteiger partial charge < -0.3 is 0 Å². The lowest BCUT2D eigenvalue weighted by Crippen LogP contribution is -2.30. The summed E-state index contributed by atoms with van der Waals surface area (Å²) < 4.78 is 0. The zero-order valence-corrected chi connectivity index (χ0v) is 5.16. The molecule has 0 unspecified atom stereocenters. The summed E-state index contributed by atoms with van der Waals surface area (Å²) in [5, 5.41) is 3.64. The molecule has 0 amide bonds. The smallest absolute Gasteiger partial charge is 0.0652 e. The fourth-order valence-corrected chi connectivity index (χ4v) is 0.696. The van der Waals surface area contributed by atoms with E-state index in [1.54, 1.807) is 12.3 Å². The van der Waals surface area contributed by atoms with Gasteiger partial charge in [0.25, 0.3) is 0 Å². The quantitative estimate of drug-likeness (QED) is 0.485. The van der Waals surface area contributed by atoms with Gasteiger partial charge in [0.1, 0.15) is 0 Å². The molecule has 0 N–H and O–H groups in total. The molecule has 0 spiro atoms. The molecule has 0 aliphatic carbocycles. The summed E-state index contributed by atoms with van der Waals surface area (Å²) in [5.74, 6) is 0. The highest BCUT2D eigenvalue weighted by Crippen LogP contribution is 2.02. The predicted molar refractivity (Wildman–Crippen MR) is 30.6 cm³/mol. The number of hydrogen-bond acceptors (Lipinski definition) is 3. The van der Waals surface area contributed by atoms with Crippen LogP contribution in [0.2, 0.25) is 0 Å². The molecule has 0 fully saturated rings. The summed E-state index contributed by atoms with van der Waals surface area (Å²) >= 11 is 0. The Kier molecular flexibility index (Phi) is 1.50. The number of rotatable bonds is 1. The van der Waals surface area contributed by atoms with Gasteiger partial charge in [0.2, 0.25) is 0 Å². The van der Waals surface area contributed by atoms with Gasteiger partial charge in [0.15, 0.2) is 0 Å². The van der Waals surface area contributed by atoms with E-state index >= 15 is 0 Å². The van der Waals surface area contributed by atoms with Crippen molar-refractivity contribution in [2.75, 3.05) is 20.7 Å². The Balaban J connectivity index is 2.38. The van der Waals surface area contributed by atoms with Crippen LogP contribution in [-0.4, -0.2) is 30.9 Å². The molecule has 0 saturated carbocycles. The molecule has 0 aromatic carbocycles. The number of hydrazine groups is 1. The molecule has 3 nitrogen and oxygen atoms in total. The van der Waals surface area contributed by atoms with E-state index in [1.165, 1.54) is 0 Å². The Morgan fingerprint density at radius 1 is 1.62 bits per heavy atom. The largest absolute Gasteiger partial charge is 0.294 e. The summed E-state index contributed by atoms with van der Waals surface area (Å²) in [6.07, 6.45) is 3.99. The van der Waals surface area contributed by atoms with Crippen LogP contribution in [0.3, 0.4) is 0 Å². The molecule has 8 heavy (non-hydrogen) atoms. The van der Waals surface area contributed by atoms with Crippen molar-refractivity contribution in [3.63, 3.8) is 0 Å². The molecule has 1 aliphatic heterocycles. The van der Waals surface area contributed by atoms with E-state index in [1.807, 2.05) is 24.3 Å². The second kappa shape index (κ2) is 2.15. The number of hydrogen-bond donors (Lipinski definition) is 0. The van der Waals surface area contributed by atoms with Gasteiger partial charge >= 0.3 is 0 Å². The van der Waals surface area contributed by atoms with Crippen LogP contribution in [0.15, 0.2) is 12.3 Å². The molecule has 0 bridgehead atoms. The van der Waals surface area contributed by atoms with Crippen LogP contribution in [0.5, 0.6) is 0 Å². The van der Waals surface area contributed by atoms with E-state index in [0.717, 1.165) is 6.54 Å². The topological polar surface area (TPSA) is 15.7 Å². The molecule has 1 heterocycles. The van der Waals surface area contributed by atoms with Gasteiger partial charge in [0.05, 0.1) is 13.7 Å². The fourth-order valence-electron chi connectivity index (χ4n) is 0.696. The molecule has 0 radical (unpaired) electrons. The van der Waals surface area contributed by atoms with Crippen LogP contribution < -0.4 is 0 Å². The van der Waals surface area contributed by atoms with Gasteiger partial charge in [-0.05, 0) is 6.08 Å². The summed E-state index contributed by atoms with van der Waals surface area (Å²) in [4.78, 5) is 4.92. The normalized spacial score (nSPS) is 20.5. The van der Waals surface area contributed by atoms with E-state index in [9.17, 15) is 0 Å². The lowest BCUT2D eigenvalue weighted by molar-refractivity contribution is -0.223. The van der Waals surface area contributed by atoms with Crippen LogP contribution >= 0.6 is 0 Å². The Morgan fingerprint density at radius 3 is 2.62 bits per heavy atom. The third kappa shape index (κ3) is 0.827. The zero-order chi connectivity index (χ0) is 5.98. The third-order valence-electron chi connectivity index (χ3n) is 1.15. The minimum Gasteiger partial charge on any atom is -0.294 e. The average Bonchev–Trinajstić information content (AvgIpc) is 2.14. The van der Waals surface area contributed by atoms with Crippen LogP contribution in [0, 0.1) is 0 Å². The molecule has 46 valence electrons. The lowest BCUT2D eigenvalue weighted by Gasteiger charge is -2.21. The van der Waals surface area contributed by atoms with Gasteiger partial charge in [-0.2, -0.15) is 0 Å². The lowest BCUT2D eigenvalue weighted by atomic mass is 10.7. The number of nitrogens with zero attached hydrogens (tertiary/aromatic N) is 2. The van der Waals surface area contributed by atoms with Crippen LogP contribution in [0.25, 0.3) is 0 Å². The molecule has 1 rings (SSSR count). The SMILES string of the molecule is CON1CC=CN1C. The van der Waals surface area contributed by atoms with E-state index in [0.29, 0.717) is 0 Å². The molecule has 3 heteroatoms. The minimum atomic E-state index is 0.854. The minimum absolute atomic E-state index is 0.854. The summed E-state index contributed by atoms with van der Waals surface area (Å²) in [6.45, 7) is 0.854. The van der Waals surface area contributed by atoms with E-state index in [2.05, 4.69) is 0 Å². The number of hydroxylamine groups is 1. The van der Waals surface area contributed by atoms with Gasteiger partial charge in [0, 0.05) is 13.2 Å². The zero-order valence-electron chi connectivity index (χ0n) is 5.16. The van der Waals surface area contributed by atoms with Crippen molar-refractivity contribution in [3.05, 3.63) is 12.3 Å². The Morgan fingerprint density at radius 2 is 2.38 bits per heavy atom. The summed E-state index contributed by atoms with van der Waals surface area (Å²) in [6, 6.07) is 0. The van der Waals surface area contributed by atoms with Crippen molar-refractivity contribution >= 4 is 0 Å². The van der Waals surface area contributed by atoms with Crippen molar-refractivity contribution in [1.82, 2.24) is 10.2 Å². The summed E-state index contributed by atoms with van der Waals surface area (Å²) in [5.41, 5.74) is 0. The monoisotopic (exact) mass is 114 g/mol. The molecule has 0 aromatic heterocycles. The molecule has 0 atom stereocenters. The van der Waals surface area contributed by atoms with Gasteiger partial charge in [-0.1, -0.05) is 5.17 Å². The Labute approximate surface area is 49.1 Å². The van der Waals surface area contributed by atoms with Crippen LogP contribution in [0.1, 0.15) is 0 Å². The van der Waals surface area contributed by atoms with Gasteiger partial charge in [-0.3, -0.25) is 9.85 Å². The maximum Gasteiger partial charge on any atom is 0.0652 e. The Hall–Kier alpha value is -0.540. The molecular weight excluding hydrogens is 104 g/mol. The standard InChI is InChI=1S/C5H10N2O/c1-6-4-3-5-7(6)8-2/h3-4H,5H2,1-2H3. The first-order chi connectivity index (χ1) is 3.84. The first-order valence-corrected chi connectivity index (χ1v) is 2.55. The second-order valence-electron chi connectivity index (χ2n) is 1.68. The van der Waals surface area contributed by atoms with E-state index in [4.69, 9.17) is 4.84 Å². The van der Waals surface area contributed by atoms with E-state index in [-0.39, 0.29) is 0 Å². The Bertz CT molecular complexity index is 103. The maximum atomic E-state index is 4.92. The van der Waals surface area contributed by atoms with Crippen molar-refractivity contribution in [2.24, 2.45) is 0 Å². The van der Waals surface area contributed by atoms with Gasteiger partial charge in [-0.25, -0.2) is 0 Å². The highest BCUT2D eigenvalue weighted by atomic mass is 16.7. The second-order valence-corrected chi connectivity index (χ2v) is 1.68. The first-order valence-electron chi connectivity index (χ1n) is 2.55. The van der Waals surface area contributed by atoms with Crippen molar-refractivity contribution in [2.45, 2.75) is 0 Å². The van der Waals surface area contributed by atoms with Crippen LogP contribution in [-0.2, 0) is 4.84 Å². The molecule has 0 aromatic rings. The van der Waals surface area contributed by atoms with Crippen LogP contribution in [0.4, 0.5) is 0 Å². The van der Waals surface area contributed by atoms with Crippen molar-refractivity contribution in [1.29, 1.82) is 0 Å². The fraction of sp³-hybridized carbons (Fsp3) is 0.600. The van der Waals surface area contributed by atoms with Crippen molar-refractivity contribution in [3.8, 4) is 0 Å². The average molecular weight is 114 g/mol. The summed E-state index contributed by atoms with van der Waals surface area (Å²) in [7, 11) is 3.59. The predicted octanol–water partition coefficient (Wildman–Crippen LogP) is 0.224. The third-order valence-corrected chi connectivity index (χ3v) is 1.15. The highest BCUT2D eigenvalue weighted by molar-refractivity contribution is 4.86. The molecule has 1 aliphatic rings. The highest BCUT2D eigenvalue weighted by Gasteiger charge is 2.08. The van der Waals surface area contributed by atoms with Gasteiger partial charge in [-0.15, -0.1) is 0 Å². The molecule has 0 saturated heterocycles. The molecular formula is C5H10N2O. The maximum absolute atomic E-state index is 4.92.